The number of nitriles is 2. The van der Waals surface area contributed by atoms with E-state index >= 15 is 0 Å². The van der Waals surface area contributed by atoms with Crippen LogP contribution in [0.5, 0.6) is 5.75 Å². The molecule has 0 aliphatic heterocycles. The molecule has 4 nitrogen and oxygen atoms in total. The first-order chi connectivity index (χ1) is 6.72. The molecule has 0 atom stereocenters. The number of nitrogens with zero attached hydrogens (tertiary/aromatic N) is 2. The summed E-state index contributed by atoms with van der Waals surface area (Å²) < 4.78 is 4.88. The Morgan fingerprint density at radius 1 is 1.57 bits per heavy atom. The molecular weight excluding hydrogens is 200 g/mol. The SMILES string of the molecule is COc1csc(C(=O)C(C#N)C#N)c1. The van der Waals surface area contributed by atoms with Crippen LogP contribution in [0.15, 0.2) is 11.4 Å². The summed E-state index contributed by atoms with van der Waals surface area (Å²) in [5.41, 5.74) is 0. The van der Waals surface area contributed by atoms with Crippen molar-refractivity contribution in [1.82, 2.24) is 0 Å². The monoisotopic (exact) mass is 206 g/mol. The second kappa shape index (κ2) is 4.40. The van der Waals surface area contributed by atoms with Gasteiger partial charge in [-0.1, -0.05) is 0 Å². The van der Waals surface area contributed by atoms with E-state index in [-0.39, 0.29) is 0 Å². The van der Waals surface area contributed by atoms with Gasteiger partial charge in [-0.05, 0) is 0 Å². The number of ketones is 1. The summed E-state index contributed by atoms with van der Waals surface area (Å²) in [4.78, 5) is 11.8. The minimum absolute atomic E-state index is 0.370. The summed E-state index contributed by atoms with van der Waals surface area (Å²) >= 11 is 1.16. The van der Waals surface area contributed by atoms with Crippen LogP contribution in [0.3, 0.4) is 0 Å². The van der Waals surface area contributed by atoms with Crippen LogP contribution in [-0.2, 0) is 0 Å². The van der Waals surface area contributed by atoms with E-state index < -0.39 is 11.7 Å². The summed E-state index contributed by atoms with van der Waals surface area (Å²) in [6, 6.07) is 4.79. The molecule has 0 N–H and O–H groups in total. The van der Waals surface area contributed by atoms with Crippen LogP contribution < -0.4 is 4.74 Å². The molecule has 1 rings (SSSR count). The predicted octanol–water partition coefficient (Wildman–Crippen LogP) is 1.60. The van der Waals surface area contributed by atoms with Crippen LogP contribution in [0.4, 0.5) is 0 Å². The van der Waals surface area contributed by atoms with Crippen LogP contribution in [0.1, 0.15) is 9.67 Å². The van der Waals surface area contributed by atoms with E-state index in [1.54, 1.807) is 17.5 Å². The fourth-order valence-corrected chi connectivity index (χ4v) is 1.67. The Balaban J connectivity index is 2.91. The van der Waals surface area contributed by atoms with Gasteiger partial charge in [0.2, 0.25) is 5.78 Å². The third-order valence-corrected chi connectivity index (χ3v) is 2.50. The third-order valence-electron chi connectivity index (χ3n) is 1.57. The lowest BCUT2D eigenvalue weighted by atomic mass is 10.1. The maximum atomic E-state index is 11.4. The van der Waals surface area contributed by atoms with Crippen molar-refractivity contribution in [2.24, 2.45) is 5.92 Å². The number of carbonyl (C=O) groups excluding carboxylic acids is 1. The van der Waals surface area contributed by atoms with E-state index in [4.69, 9.17) is 15.3 Å². The van der Waals surface area contributed by atoms with Gasteiger partial charge in [0.05, 0.1) is 24.1 Å². The summed E-state index contributed by atoms with van der Waals surface area (Å²) in [6.45, 7) is 0. The molecule has 0 spiro atoms. The molecule has 70 valence electrons. The van der Waals surface area contributed by atoms with Crippen molar-refractivity contribution in [3.63, 3.8) is 0 Å². The van der Waals surface area contributed by atoms with Crippen LogP contribution in [0, 0.1) is 28.6 Å². The minimum atomic E-state index is -1.22. The van der Waals surface area contributed by atoms with E-state index in [1.807, 2.05) is 0 Å². The molecule has 0 amide bonds. The fraction of sp³-hybridized carbons (Fsp3) is 0.222. The Hall–Kier alpha value is -1.85. The number of hydrogen-bond donors (Lipinski definition) is 0. The van der Waals surface area contributed by atoms with Gasteiger partial charge in [-0.2, -0.15) is 10.5 Å². The van der Waals surface area contributed by atoms with Gasteiger partial charge in [0.25, 0.3) is 0 Å². The van der Waals surface area contributed by atoms with Gasteiger partial charge in [-0.25, -0.2) is 0 Å². The molecule has 1 heterocycles. The van der Waals surface area contributed by atoms with Crippen molar-refractivity contribution in [3.05, 3.63) is 16.3 Å². The Morgan fingerprint density at radius 2 is 2.21 bits per heavy atom. The molecule has 0 unspecified atom stereocenters. The van der Waals surface area contributed by atoms with E-state index in [2.05, 4.69) is 0 Å². The van der Waals surface area contributed by atoms with Gasteiger partial charge in [-0.15, -0.1) is 11.3 Å². The lowest BCUT2D eigenvalue weighted by molar-refractivity contribution is 0.0974. The normalized spacial score (nSPS) is 9.14. The summed E-state index contributed by atoms with van der Waals surface area (Å²) in [5, 5.41) is 18.7. The lowest BCUT2D eigenvalue weighted by Crippen LogP contribution is -2.08. The molecule has 0 bridgehead atoms. The zero-order valence-electron chi connectivity index (χ0n) is 7.35. The number of Topliss-reactive ketones (excluding diaryl/α,β-unsaturated/α-hetero) is 1. The van der Waals surface area contributed by atoms with E-state index in [9.17, 15) is 4.79 Å². The maximum Gasteiger partial charge on any atom is 0.204 e. The van der Waals surface area contributed by atoms with E-state index in [0.29, 0.717) is 10.6 Å². The molecule has 5 heteroatoms. The van der Waals surface area contributed by atoms with Crippen molar-refractivity contribution in [2.45, 2.75) is 0 Å². The molecule has 0 saturated carbocycles. The van der Waals surface area contributed by atoms with Crippen LogP contribution in [0.25, 0.3) is 0 Å². The van der Waals surface area contributed by atoms with Crippen molar-refractivity contribution in [2.75, 3.05) is 7.11 Å². The third kappa shape index (κ3) is 1.90. The highest BCUT2D eigenvalue weighted by Crippen LogP contribution is 2.23. The molecule has 0 fully saturated rings. The molecule has 0 aliphatic carbocycles. The highest BCUT2D eigenvalue weighted by atomic mass is 32.1. The van der Waals surface area contributed by atoms with Crippen molar-refractivity contribution < 1.29 is 9.53 Å². The Bertz CT molecular complexity index is 411. The topological polar surface area (TPSA) is 73.9 Å². The second-order valence-corrected chi connectivity index (χ2v) is 3.32. The fourth-order valence-electron chi connectivity index (χ4n) is 0.843. The van der Waals surface area contributed by atoms with Crippen LogP contribution in [-0.4, -0.2) is 12.9 Å². The van der Waals surface area contributed by atoms with Gasteiger partial charge in [0.15, 0.2) is 5.92 Å². The van der Waals surface area contributed by atoms with Gasteiger partial charge in [-0.3, -0.25) is 4.79 Å². The smallest absolute Gasteiger partial charge is 0.204 e. The molecule has 0 saturated heterocycles. The van der Waals surface area contributed by atoms with Gasteiger partial charge >= 0.3 is 0 Å². The Morgan fingerprint density at radius 3 is 2.64 bits per heavy atom. The highest BCUT2D eigenvalue weighted by Gasteiger charge is 2.20. The molecule has 0 radical (unpaired) electrons. The van der Waals surface area contributed by atoms with Gasteiger partial charge in [0, 0.05) is 11.4 Å². The number of methoxy groups -OCH3 is 1. The van der Waals surface area contributed by atoms with Crippen LogP contribution >= 0.6 is 11.3 Å². The first kappa shape index (κ1) is 10.2. The quantitative estimate of drug-likeness (QED) is 0.704. The molecule has 0 aromatic carbocycles. The van der Waals surface area contributed by atoms with Crippen LogP contribution in [0.2, 0.25) is 0 Å². The van der Waals surface area contributed by atoms with Crippen molar-refractivity contribution in [1.29, 1.82) is 10.5 Å². The number of hydrogen-bond acceptors (Lipinski definition) is 5. The average Bonchev–Trinajstić information content (AvgIpc) is 2.67. The number of rotatable bonds is 3. The Kier molecular flexibility index (Phi) is 3.22. The molecular formula is C9H6N2O2S. The summed E-state index contributed by atoms with van der Waals surface area (Å²) in [7, 11) is 1.49. The number of thiophene rings is 1. The standard InChI is InChI=1S/C9H6N2O2S/c1-13-7-2-8(14-5-7)9(12)6(3-10)4-11/h2,5-6H,1H3. The first-order valence-electron chi connectivity index (χ1n) is 3.69. The number of ether oxygens (including phenoxy) is 1. The highest BCUT2D eigenvalue weighted by molar-refractivity contribution is 7.12. The Labute approximate surface area is 85.0 Å². The molecule has 1 aromatic rings. The average molecular weight is 206 g/mol. The van der Waals surface area contributed by atoms with Gasteiger partial charge in [0.1, 0.15) is 5.75 Å². The summed E-state index contributed by atoms with van der Waals surface area (Å²) in [6.07, 6.45) is 0. The van der Waals surface area contributed by atoms with E-state index in [1.165, 1.54) is 13.2 Å². The zero-order chi connectivity index (χ0) is 10.6. The molecule has 1 aromatic heterocycles. The number of carbonyl (C=O) groups is 1. The molecule has 0 aliphatic rings. The maximum absolute atomic E-state index is 11.4. The largest absolute Gasteiger partial charge is 0.496 e. The second-order valence-electron chi connectivity index (χ2n) is 2.41. The van der Waals surface area contributed by atoms with E-state index in [0.717, 1.165) is 11.3 Å². The lowest BCUT2D eigenvalue weighted by Gasteiger charge is -1.94. The predicted molar refractivity (Wildman–Crippen MR) is 49.9 cm³/mol. The van der Waals surface area contributed by atoms with Crippen molar-refractivity contribution in [3.8, 4) is 17.9 Å². The summed E-state index contributed by atoms with van der Waals surface area (Å²) in [5.74, 6) is -1.13. The molecule has 14 heavy (non-hydrogen) atoms. The first-order valence-corrected chi connectivity index (χ1v) is 4.57. The minimum Gasteiger partial charge on any atom is -0.496 e. The van der Waals surface area contributed by atoms with Crippen molar-refractivity contribution >= 4 is 17.1 Å². The zero-order valence-corrected chi connectivity index (χ0v) is 8.17. The van der Waals surface area contributed by atoms with Gasteiger partial charge < -0.3 is 4.74 Å².